The van der Waals surface area contributed by atoms with Crippen molar-refractivity contribution in [2.24, 2.45) is 17.6 Å². The molecule has 0 aromatic heterocycles. The molecule has 1 aromatic carbocycles. The first kappa shape index (κ1) is 16.1. The molecule has 0 heterocycles. The van der Waals surface area contributed by atoms with Crippen molar-refractivity contribution in [2.75, 3.05) is 0 Å². The molecule has 0 aliphatic heterocycles. The van der Waals surface area contributed by atoms with Crippen LogP contribution in [0.15, 0.2) is 18.2 Å². The summed E-state index contributed by atoms with van der Waals surface area (Å²) in [5.74, 6) is 1.47. The molecule has 2 nitrogen and oxygen atoms in total. The van der Waals surface area contributed by atoms with Crippen molar-refractivity contribution in [1.82, 2.24) is 0 Å². The van der Waals surface area contributed by atoms with Crippen LogP contribution >= 0.6 is 0 Å². The molecule has 0 spiro atoms. The average molecular weight is 301 g/mol. The number of hydrogen-bond acceptors (Lipinski definition) is 2. The lowest BCUT2D eigenvalue weighted by atomic mass is 9.80. The maximum Gasteiger partial charge on any atom is 0.416 e. The van der Waals surface area contributed by atoms with E-state index >= 15 is 0 Å². The van der Waals surface area contributed by atoms with E-state index in [0.717, 1.165) is 25.3 Å². The Kier molecular flexibility index (Phi) is 4.81. The highest BCUT2D eigenvalue weighted by molar-refractivity contribution is 5.37. The fourth-order valence-corrected chi connectivity index (χ4v) is 2.87. The Hall–Kier alpha value is -1.23. The van der Waals surface area contributed by atoms with Crippen LogP contribution in [-0.2, 0) is 12.7 Å². The highest BCUT2D eigenvalue weighted by Crippen LogP contribution is 2.36. The number of rotatable bonds is 3. The molecule has 5 heteroatoms. The minimum Gasteiger partial charge on any atom is -0.490 e. The Balaban J connectivity index is 2.14. The Morgan fingerprint density at radius 1 is 1.19 bits per heavy atom. The molecule has 0 bridgehead atoms. The van der Waals surface area contributed by atoms with E-state index < -0.39 is 11.7 Å². The third-order valence-corrected chi connectivity index (χ3v) is 4.46. The van der Waals surface area contributed by atoms with E-state index in [4.69, 9.17) is 10.5 Å². The lowest BCUT2D eigenvalue weighted by molar-refractivity contribution is -0.138. The smallest absolute Gasteiger partial charge is 0.416 e. The minimum atomic E-state index is -4.40. The van der Waals surface area contributed by atoms with E-state index in [-0.39, 0.29) is 24.0 Å². The summed E-state index contributed by atoms with van der Waals surface area (Å²) in [6, 6.07) is 4.07. The SMILES string of the molecule is CC1CCC(Oc2ccc(CN)c(C(F)(F)F)c2)CC1C. The van der Waals surface area contributed by atoms with Gasteiger partial charge in [-0.05, 0) is 48.8 Å². The molecular weight excluding hydrogens is 279 g/mol. The summed E-state index contributed by atoms with van der Waals surface area (Å²) in [7, 11) is 0. The van der Waals surface area contributed by atoms with Crippen molar-refractivity contribution in [3.05, 3.63) is 29.3 Å². The molecule has 0 radical (unpaired) electrons. The van der Waals surface area contributed by atoms with E-state index in [9.17, 15) is 13.2 Å². The van der Waals surface area contributed by atoms with Crippen LogP contribution in [-0.4, -0.2) is 6.10 Å². The highest BCUT2D eigenvalue weighted by atomic mass is 19.4. The molecule has 0 amide bonds. The van der Waals surface area contributed by atoms with Gasteiger partial charge in [0, 0.05) is 6.54 Å². The van der Waals surface area contributed by atoms with E-state index in [0.29, 0.717) is 11.8 Å². The molecule has 3 atom stereocenters. The zero-order valence-electron chi connectivity index (χ0n) is 12.4. The van der Waals surface area contributed by atoms with Crippen LogP contribution in [0.4, 0.5) is 13.2 Å². The van der Waals surface area contributed by atoms with Crippen LogP contribution in [0.25, 0.3) is 0 Å². The van der Waals surface area contributed by atoms with Crippen molar-refractivity contribution in [2.45, 2.75) is 51.9 Å². The summed E-state index contributed by atoms with van der Waals surface area (Å²) in [4.78, 5) is 0. The number of halogens is 3. The van der Waals surface area contributed by atoms with E-state index in [2.05, 4.69) is 13.8 Å². The van der Waals surface area contributed by atoms with Crippen LogP contribution in [0.5, 0.6) is 5.75 Å². The first-order chi connectivity index (χ1) is 9.81. The number of hydrogen-bond donors (Lipinski definition) is 1. The van der Waals surface area contributed by atoms with Crippen LogP contribution in [0, 0.1) is 11.8 Å². The topological polar surface area (TPSA) is 35.2 Å². The normalized spacial score (nSPS) is 26.7. The molecule has 2 rings (SSSR count). The third-order valence-electron chi connectivity index (χ3n) is 4.46. The van der Waals surface area contributed by atoms with Crippen molar-refractivity contribution in [3.63, 3.8) is 0 Å². The van der Waals surface area contributed by atoms with E-state index in [1.165, 1.54) is 6.07 Å². The van der Waals surface area contributed by atoms with E-state index in [1.54, 1.807) is 6.07 Å². The van der Waals surface area contributed by atoms with Gasteiger partial charge in [-0.1, -0.05) is 19.9 Å². The quantitative estimate of drug-likeness (QED) is 0.900. The Labute approximate surface area is 123 Å². The third kappa shape index (κ3) is 3.90. The van der Waals surface area contributed by atoms with Gasteiger partial charge in [0.25, 0.3) is 0 Å². The maximum absolute atomic E-state index is 13.0. The molecule has 1 saturated carbocycles. The summed E-state index contributed by atoms with van der Waals surface area (Å²) in [6.07, 6.45) is -1.56. The largest absolute Gasteiger partial charge is 0.490 e. The zero-order valence-corrected chi connectivity index (χ0v) is 12.4. The van der Waals surface area contributed by atoms with Crippen LogP contribution < -0.4 is 10.5 Å². The molecule has 1 fully saturated rings. The van der Waals surface area contributed by atoms with Gasteiger partial charge >= 0.3 is 6.18 Å². The number of alkyl halides is 3. The number of benzene rings is 1. The first-order valence-electron chi connectivity index (χ1n) is 7.38. The highest BCUT2D eigenvalue weighted by Gasteiger charge is 2.34. The van der Waals surface area contributed by atoms with Gasteiger partial charge in [0.05, 0.1) is 11.7 Å². The molecule has 0 saturated heterocycles. The summed E-state index contributed by atoms with van der Waals surface area (Å²) in [5, 5.41) is 0. The van der Waals surface area contributed by atoms with Gasteiger partial charge in [0.15, 0.2) is 0 Å². The molecule has 2 N–H and O–H groups in total. The fraction of sp³-hybridized carbons (Fsp3) is 0.625. The standard InChI is InChI=1S/C16H22F3NO/c1-10-3-5-13(7-11(10)2)21-14-6-4-12(9-20)15(8-14)16(17,18)19/h4,6,8,10-11,13H,3,5,7,9,20H2,1-2H3. The van der Waals surface area contributed by atoms with Gasteiger partial charge in [-0.15, -0.1) is 0 Å². The van der Waals surface area contributed by atoms with Gasteiger partial charge in [-0.2, -0.15) is 13.2 Å². The molecule has 3 unspecified atom stereocenters. The number of nitrogens with two attached hydrogens (primary N) is 1. The summed E-state index contributed by atoms with van der Waals surface area (Å²) < 4.78 is 44.8. The lowest BCUT2D eigenvalue weighted by Gasteiger charge is -2.32. The van der Waals surface area contributed by atoms with Gasteiger partial charge in [0.2, 0.25) is 0 Å². The van der Waals surface area contributed by atoms with Crippen LogP contribution in [0.3, 0.4) is 0 Å². The van der Waals surface area contributed by atoms with Gasteiger partial charge in [0.1, 0.15) is 5.75 Å². The molecule has 1 aliphatic rings. The fourth-order valence-electron chi connectivity index (χ4n) is 2.87. The number of ether oxygens (including phenoxy) is 1. The van der Waals surface area contributed by atoms with Gasteiger partial charge in [-0.25, -0.2) is 0 Å². The monoisotopic (exact) mass is 301 g/mol. The molecule has 1 aliphatic carbocycles. The van der Waals surface area contributed by atoms with Crippen molar-refractivity contribution >= 4 is 0 Å². The maximum atomic E-state index is 13.0. The second kappa shape index (κ2) is 6.26. The molecule has 1 aromatic rings. The molecular formula is C16H22F3NO. The van der Waals surface area contributed by atoms with E-state index in [1.807, 2.05) is 0 Å². The first-order valence-corrected chi connectivity index (χ1v) is 7.38. The zero-order chi connectivity index (χ0) is 15.6. The Bertz CT molecular complexity index is 487. The van der Waals surface area contributed by atoms with Crippen LogP contribution in [0.2, 0.25) is 0 Å². The Morgan fingerprint density at radius 3 is 2.48 bits per heavy atom. The molecule has 118 valence electrons. The average Bonchev–Trinajstić information content (AvgIpc) is 2.42. The summed E-state index contributed by atoms with van der Waals surface area (Å²) in [6.45, 7) is 4.24. The van der Waals surface area contributed by atoms with Crippen molar-refractivity contribution in [1.29, 1.82) is 0 Å². The predicted molar refractivity (Wildman–Crippen MR) is 75.9 cm³/mol. The predicted octanol–water partition coefficient (Wildman–Crippen LogP) is 4.37. The van der Waals surface area contributed by atoms with Gasteiger partial charge < -0.3 is 10.5 Å². The van der Waals surface area contributed by atoms with Crippen molar-refractivity contribution < 1.29 is 17.9 Å². The van der Waals surface area contributed by atoms with Crippen LogP contribution in [0.1, 0.15) is 44.2 Å². The Morgan fingerprint density at radius 2 is 1.90 bits per heavy atom. The second-order valence-electron chi connectivity index (χ2n) is 6.03. The lowest BCUT2D eigenvalue weighted by Crippen LogP contribution is -2.28. The summed E-state index contributed by atoms with van der Waals surface area (Å²) >= 11 is 0. The summed E-state index contributed by atoms with van der Waals surface area (Å²) in [5.41, 5.74) is 4.78. The minimum absolute atomic E-state index is 0.000935. The molecule has 21 heavy (non-hydrogen) atoms. The second-order valence-corrected chi connectivity index (χ2v) is 6.03. The van der Waals surface area contributed by atoms with Gasteiger partial charge in [-0.3, -0.25) is 0 Å². The van der Waals surface area contributed by atoms with Crippen molar-refractivity contribution in [3.8, 4) is 5.75 Å².